The maximum Gasteiger partial charge on any atom is 0.195 e. The Hall–Kier alpha value is -1.11. The van der Waals surface area contributed by atoms with Gasteiger partial charge in [0, 0.05) is 5.56 Å². The van der Waals surface area contributed by atoms with Crippen LogP contribution in [-0.2, 0) is 0 Å². The maximum absolute atomic E-state index is 12.1. The van der Waals surface area contributed by atoms with E-state index in [1.807, 2.05) is 0 Å². The Morgan fingerprint density at radius 1 is 1.50 bits per heavy atom. The van der Waals surface area contributed by atoms with Crippen LogP contribution in [0, 0.1) is 11.3 Å². The van der Waals surface area contributed by atoms with E-state index in [0.29, 0.717) is 0 Å². The minimum Gasteiger partial charge on any atom is -0.291 e. The molecule has 0 aliphatic carbocycles. The molecule has 0 unspecified atom stereocenters. The van der Waals surface area contributed by atoms with Gasteiger partial charge in [0.2, 0.25) is 0 Å². The normalized spacial score (nSPS) is 9.57. The first-order valence-corrected chi connectivity index (χ1v) is 4.34. The molecular weight excluding hydrogens is 228 g/mol. The molecule has 72 valence electrons. The second-order valence-corrected chi connectivity index (χ2v) is 3.24. The van der Waals surface area contributed by atoms with Crippen LogP contribution in [0.25, 0.3) is 0 Å². The molecule has 1 aromatic carbocycles. The lowest BCUT2D eigenvalue weighted by Crippen LogP contribution is -2.03. The van der Waals surface area contributed by atoms with Crippen molar-refractivity contribution in [1.82, 2.24) is 0 Å². The molecule has 0 fully saturated rings. The van der Waals surface area contributed by atoms with E-state index < -0.39 is 12.5 Å². The third-order valence-corrected chi connectivity index (χ3v) is 2.33. The van der Waals surface area contributed by atoms with Gasteiger partial charge < -0.3 is 0 Å². The molecule has 1 aromatic rings. The number of nitrogens with zero attached hydrogens (tertiary/aromatic N) is 1. The van der Waals surface area contributed by atoms with E-state index in [1.165, 1.54) is 12.1 Å². The predicted molar refractivity (Wildman–Crippen MR) is 51.5 cm³/mol. The van der Waals surface area contributed by atoms with E-state index in [9.17, 15) is 9.18 Å². The molecule has 0 spiro atoms. The van der Waals surface area contributed by atoms with Gasteiger partial charge >= 0.3 is 0 Å². The van der Waals surface area contributed by atoms with E-state index in [0.717, 1.165) is 0 Å². The minimum atomic E-state index is -1.15. The van der Waals surface area contributed by atoms with Crippen molar-refractivity contribution in [2.24, 2.45) is 0 Å². The molecule has 0 bridgehead atoms. The van der Waals surface area contributed by atoms with Crippen molar-refractivity contribution in [2.45, 2.75) is 0 Å². The first-order valence-electron chi connectivity index (χ1n) is 3.59. The number of rotatable bonds is 2. The standard InChI is InChI=1S/C9H4Cl2FNO/c10-7-2-1-5(8(14)3-12)9(11)6(7)4-13/h1-2H,3H2. The Bertz CT molecular complexity index is 426. The number of hydrogen-bond acceptors (Lipinski definition) is 2. The minimum absolute atomic E-state index is 0.00682. The molecule has 1 rings (SSSR count). The van der Waals surface area contributed by atoms with Crippen LogP contribution in [-0.4, -0.2) is 12.5 Å². The van der Waals surface area contributed by atoms with Crippen molar-refractivity contribution in [2.75, 3.05) is 6.67 Å². The summed E-state index contributed by atoms with van der Waals surface area (Å²) in [7, 11) is 0. The summed E-state index contributed by atoms with van der Waals surface area (Å²) in [6.45, 7) is -1.15. The topological polar surface area (TPSA) is 40.9 Å². The van der Waals surface area contributed by atoms with Crippen molar-refractivity contribution in [3.63, 3.8) is 0 Å². The molecule has 0 saturated heterocycles. The van der Waals surface area contributed by atoms with Crippen molar-refractivity contribution < 1.29 is 9.18 Å². The van der Waals surface area contributed by atoms with Gasteiger partial charge in [0.15, 0.2) is 12.5 Å². The highest BCUT2D eigenvalue weighted by Crippen LogP contribution is 2.27. The van der Waals surface area contributed by atoms with Crippen molar-refractivity contribution in [1.29, 1.82) is 5.26 Å². The lowest BCUT2D eigenvalue weighted by Gasteiger charge is -2.03. The zero-order chi connectivity index (χ0) is 10.7. The molecule has 0 amide bonds. The van der Waals surface area contributed by atoms with Gasteiger partial charge in [0.25, 0.3) is 0 Å². The Morgan fingerprint density at radius 2 is 2.14 bits per heavy atom. The van der Waals surface area contributed by atoms with E-state index in [-0.39, 0.29) is 21.2 Å². The van der Waals surface area contributed by atoms with Crippen LogP contribution in [0.2, 0.25) is 10.0 Å². The molecule has 0 saturated carbocycles. The Morgan fingerprint density at radius 3 is 2.64 bits per heavy atom. The second-order valence-electron chi connectivity index (χ2n) is 2.45. The first kappa shape index (κ1) is 11.0. The van der Waals surface area contributed by atoms with Crippen molar-refractivity contribution in [3.8, 4) is 6.07 Å². The lowest BCUT2D eigenvalue weighted by atomic mass is 10.1. The van der Waals surface area contributed by atoms with Gasteiger partial charge in [-0.05, 0) is 12.1 Å². The molecule has 0 heterocycles. The average Bonchev–Trinajstić information content (AvgIpc) is 2.18. The van der Waals surface area contributed by atoms with Crippen LogP contribution in [0.1, 0.15) is 15.9 Å². The summed E-state index contributed by atoms with van der Waals surface area (Å²) >= 11 is 11.3. The highest BCUT2D eigenvalue weighted by Gasteiger charge is 2.15. The van der Waals surface area contributed by atoms with Gasteiger partial charge in [-0.25, -0.2) is 4.39 Å². The summed E-state index contributed by atoms with van der Waals surface area (Å²) in [4.78, 5) is 11.0. The number of alkyl halides is 1. The number of carbonyl (C=O) groups is 1. The number of carbonyl (C=O) groups excluding carboxylic acids is 1. The highest BCUT2D eigenvalue weighted by molar-refractivity contribution is 6.38. The van der Waals surface area contributed by atoms with E-state index in [4.69, 9.17) is 28.5 Å². The third-order valence-electron chi connectivity index (χ3n) is 1.62. The summed E-state index contributed by atoms with van der Waals surface area (Å²) in [5.41, 5.74) is -0.0252. The molecular formula is C9H4Cl2FNO. The molecule has 0 aromatic heterocycles. The summed E-state index contributed by atoms with van der Waals surface area (Å²) < 4.78 is 12.1. The van der Waals surface area contributed by atoms with Crippen LogP contribution in [0.5, 0.6) is 0 Å². The largest absolute Gasteiger partial charge is 0.291 e. The fraction of sp³-hybridized carbons (Fsp3) is 0.111. The third kappa shape index (κ3) is 1.87. The smallest absolute Gasteiger partial charge is 0.195 e. The fourth-order valence-corrected chi connectivity index (χ4v) is 1.50. The van der Waals surface area contributed by atoms with Crippen LogP contribution in [0.4, 0.5) is 4.39 Å². The average molecular weight is 232 g/mol. The zero-order valence-corrected chi connectivity index (χ0v) is 8.36. The number of benzene rings is 1. The van der Waals surface area contributed by atoms with E-state index >= 15 is 0 Å². The number of ketones is 1. The molecule has 0 N–H and O–H groups in total. The molecule has 0 radical (unpaired) electrons. The molecule has 2 nitrogen and oxygen atoms in total. The second kappa shape index (κ2) is 4.41. The van der Waals surface area contributed by atoms with Gasteiger partial charge in [0.1, 0.15) is 6.07 Å². The molecule has 0 aliphatic rings. The number of hydrogen-bond donors (Lipinski definition) is 0. The van der Waals surface area contributed by atoms with Gasteiger partial charge in [0.05, 0.1) is 15.6 Å². The Labute approximate surface area is 89.9 Å². The van der Waals surface area contributed by atoms with E-state index in [1.54, 1.807) is 6.07 Å². The number of Topliss-reactive ketones (excluding diaryl/α,β-unsaturated/α-hetero) is 1. The fourth-order valence-electron chi connectivity index (χ4n) is 0.942. The van der Waals surface area contributed by atoms with Crippen LogP contribution >= 0.6 is 23.2 Å². The van der Waals surface area contributed by atoms with Crippen LogP contribution in [0.15, 0.2) is 12.1 Å². The zero-order valence-electron chi connectivity index (χ0n) is 6.85. The Balaban J connectivity index is 3.37. The summed E-state index contributed by atoms with van der Waals surface area (Å²) in [5.74, 6) is -0.761. The predicted octanol–water partition coefficient (Wildman–Crippen LogP) is 3.02. The number of nitriles is 1. The van der Waals surface area contributed by atoms with Gasteiger partial charge in [-0.15, -0.1) is 0 Å². The van der Waals surface area contributed by atoms with Crippen molar-refractivity contribution in [3.05, 3.63) is 33.3 Å². The molecule has 5 heteroatoms. The van der Waals surface area contributed by atoms with Gasteiger partial charge in [-0.3, -0.25) is 4.79 Å². The monoisotopic (exact) mass is 231 g/mol. The van der Waals surface area contributed by atoms with Gasteiger partial charge in [-0.1, -0.05) is 23.2 Å². The summed E-state index contributed by atoms with van der Waals surface area (Å²) in [5, 5.41) is 8.71. The molecule has 0 aliphatic heterocycles. The molecule has 14 heavy (non-hydrogen) atoms. The molecule has 0 atom stereocenters. The van der Waals surface area contributed by atoms with Crippen LogP contribution < -0.4 is 0 Å². The highest BCUT2D eigenvalue weighted by atomic mass is 35.5. The van der Waals surface area contributed by atoms with E-state index in [2.05, 4.69) is 0 Å². The lowest BCUT2D eigenvalue weighted by molar-refractivity contribution is 0.0959. The van der Waals surface area contributed by atoms with Gasteiger partial charge in [-0.2, -0.15) is 5.26 Å². The maximum atomic E-state index is 12.1. The summed E-state index contributed by atoms with van der Waals surface area (Å²) in [6, 6.07) is 4.39. The first-order chi connectivity index (χ1) is 6.61. The van der Waals surface area contributed by atoms with Crippen molar-refractivity contribution >= 4 is 29.0 Å². The SMILES string of the molecule is N#Cc1c(Cl)ccc(C(=O)CF)c1Cl. The quantitative estimate of drug-likeness (QED) is 0.735. The Kier molecular flexibility index (Phi) is 3.45. The number of halogens is 3. The van der Waals surface area contributed by atoms with Crippen LogP contribution in [0.3, 0.4) is 0 Å². The summed E-state index contributed by atoms with van der Waals surface area (Å²) in [6.07, 6.45) is 0.